The number of carbonyl (C=O) groups excluding carboxylic acids is 1. The molecule has 4 rings (SSSR count). The summed E-state index contributed by atoms with van der Waals surface area (Å²) in [7, 11) is 1.89. The first-order valence-electron chi connectivity index (χ1n) is 11.0. The Balaban J connectivity index is 0.000000406. The second kappa shape index (κ2) is 10.6. The number of nitrogens with one attached hydrogen (secondary N) is 1. The van der Waals surface area contributed by atoms with E-state index in [1.165, 1.54) is 5.56 Å². The molecular weight excluding hydrogens is 455 g/mol. The first-order chi connectivity index (χ1) is 16.0. The van der Waals surface area contributed by atoms with Crippen LogP contribution in [0.1, 0.15) is 35.9 Å². The van der Waals surface area contributed by atoms with Crippen LogP contribution in [0.3, 0.4) is 0 Å². The molecule has 2 fully saturated rings. The molecule has 34 heavy (non-hydrogen) atoms. The van der Waals surface area contributed by atoms with Crippen molar-refractivity contribution in [3.63, 3.8) is 0 Å². The van der Waals surface area contributed by atoms with Crippen molar-refractivity contribution in [2.24, 2.45) is 18.9 Å². The summed E-state index contributed by atoms with van der Waals surface area (Å²) in [5.41, 5.74) is 1.94. The lowest BCUT2D eigenvalue weighted by Crippen LogP contribution is -2.34. The Kier molecular flexibility index (Phi) is 8.03. The van der Waals surface area contributed by atoms with E-state index in [0.717, 1.165) is 26.2 Å². The summed E-state index contributed by atoms with van der Waals surface area (Å²) in [5, 5.41) is 14.6. The smallest absolute Gasteiger partial charge is 0.475 e. The van der Waals surface area contributed by atoms with Gasteiger partial charge < -0.3 is 19.7 Å². The second-order valence-corrected chi connectivity index (χ2v) is 8.93. The summed E-state index contributed by atoms with van der Waals surface area (Å²) in [6.45, 7) is 8.57. The van der Waals surface area contributed by atoms with Crippen molar-refractivity contribution in [1.82, 2.24) is 24.6 Å². The highest BCUT2D eigenvalue weighted by Crippen LogP contribution is 2.34. The minimum atomic E-state index is -5.08. The van der Waals surface area contributed by atoms with Gasteiger partial charge in [0.15, 0.2) is 0 Å². The molecular formula is C22H30F3N5O4. The lowest BCUT2D eigenvalue weighted by Gasteiger charge is -2.19. The van der Waals surface area contributed by atoms with Crippen molar-refractivity contribution in [3.05, 3.63) is 42.0 Å². The molecule has 2 saturated heterocycles. The molecule has 0 spiro atoms. The van der Waals surface area contributed by atoms with Gasteiger partial charge in [0.05, 0.1) is 18.9 Å². The van der Waals surface area contributed by atoms with Crippen LogP contribution < -0.4 is 5.32 Å². The highest BCUT2D eigenvalue weighted by Gasteiger charge is 2.43. The molecule has 4 heterocycles. The van der Waals surface area contributed by atoms with Gasteiger partial charge in [-0.05, 0) is 26.0 Å². The summed E-state index contributed by atoms with van der Waals surface area (Å²) in [4.78, 5) is 23.7. The number of nitrogens with zero attached hydrogens (tertiary/aromatic N) is 4. The van der Waals surface area contributed by atoms with Gasteiger partial charge in [-0.25, -0.2) is 4.79 Å². The molecule has 188 valence electrons. The van der Waals surface area contributed by atoms with Crippen LogP contribution in [0.15, 0.2) is 30.7 Å². The van der Waals surface area contributed by atoms with Crippen molar-refractivity contribution in [1.29, 1.82) is 0 Å². The molecule has 0 unspecified atom stereocenters. The van der Waals surface area contributed by atoms with Gasteiger partial charge in [-0.15, -0.1) is 0 Å². The number of hydrogen-bond acceptors (Lipinski definition) is 5. The minimum absolute atomic E-state index is 0.0121. The Morgan fingerprint density at radius 2 is 2.03 bits per heavy atom. The van der Waals surface area contributed by atoms with Crippen LogP contribution in [-0.4, -0.2) is 74.8 Å². The lowest BCUT2D eigenvalue weighted by atomic mass is 9.93. The Bertz CT molecular complexity index is 987. The Morgan fingerprint density at radius 1 is 1.32 bits per heavy atom. The number of hydrogen-bond donors (Lipinski definition) is 2. The SMILES string of the molecule is CC(C)n1cc(CN2C[C@@H]3[C@@H](CNC(=O)c4cccn4C)CO[C@@H]3C2)cn1.O=C(O)C(F)(F)F. The number of carboxylic acid groups (broad SMARTS) is 1. The summed E-state index contributed by atoms with van der Waals surface area (Å²) in [5.74, 6) is -1.91. The zero-order valence-corrected chi connectivity index (χ0v) is 19.3. The Labute approximate surface area is 195 Å². The number of halogens is 3. The molecule has 2 aromatic rings. The maximum absolute atomic E-state index is 12.3. The van der Waals surface area contributed by atoms with Crippen molar-refractivity contribution in [3.8, 4) is 0 Å². The molecule has 0 aromatic carbocycles. The number of carbonyl (C=O) groups is 2. The Hall–Kier alpha value is -2.86. The molecule has 0 aliphatic carbocycles. The second-order valence-electron chi connectivity index (χ2n) is 8.93. The fraction of sp³-hybridized carbons (Fsp3) is 0.591. The number of ether oxygens (including phenoxy) is 1. The third-order valence-electron chi connectivity index (χ3n) is 6.05. The van der Waals surface area contributed by atoms with Gasteiger partial charge in [-0.3, -0.25) is 14.4 Å². The van der Waals surface area contributed by atoms with Crippen LogP contribution in [0.4, 0.5) is 13.2 Å². The van der Waals surface area contributed by atoms with Crippen molar-refractivity contribution in [2.45, 2.75) is 38.7 Å². The van der Waals surface area contributed by atoms with E-state index in [1.807, 2.05) is 40.8 Å². The number of amides is 1. The average Bonchev–Trinajstić information content (AvgIpc) is 3.51. The molecule has 0 saturated carbocycles. The molecule has 2 aliphatic heterocycles. The number of aliphatic carboxylic acids is 1. The minimum Gasteiger partial charge on any atom is -0.475 e. The van der Waals surface area contributed by atoms with Gasteiger partial charge in [0, 0.05) is 69.1 Å². The van der Waals surface area contributed by atoms with Gasteiger partial charge in [0.25, 0.3) is 5.91 Å². The van der Waals surface area contributed by atoms with Gasteiger partial charge in [0.1, 0.15) is 5.69 Å². The van der Waals surface area contributed by atoms with Crippen LogP contribution in [0.2, 0.25) is 0 Å². The van der Waals surface area contributed by atoms with Crippen LogP contribution in [0, 0.1) is 11.8 Å². The molecule has 9 nitrogen and oxygen atoms in total. The van der Waals surface area contributed by atoms with Gasteiger partial charge in [0.2, 0.25) is 0 Å². The highest BCUT2D eigenvalue weighted by atomic mass is 19.4. The van der Waals surface area contributed by atoms with Crippen molar-refractivity contribution < 1.29 is 32.6 Å². The summed E-state index contributed by atoms with van der Waals surface area (Å²) >= 11 is 0. The summed E-state index contributed by atoms with van der Waals surface area (Å²) < 4.78 is 41.6. The standard InChI is InChI=1S/C20H29N5O2.C2HF3O2/c1-14(2)25-10-15(7-22-25)9-24-11-17-16(13-27-19(17)12-24)8-21-20(26)18-5-4-6-23(18)3;3-2(4,5)1(6)7/h4-7,10,14,16-17,19H,8-9,11-13H2,1-3H3,(H,21,26);(H,6,7)/t16-,17+,19+;/m0./s1. The van der Waals surface area contributed by atoms with Crippen LogP contribution in [0.25, 0.3) is 0 Å². The summed E-state index contributed by atoms with van der Waals surface area (Å²) in [6, 6.07) is 4.12. The highest BCUT2D eigenvalue weighted by molar-refractivity contribution is 5.92. The predicted octanol–water partition coefficient (Wildman–Crippen LogP) is 2.31. The number of aryl methyl sites for hydroxylation is 1. The largest absolute Gasteiger partial charge is 0.490 e. The molecule has 3 atom stereocenters. The normalized spacial score (nSPS) is 22.4. The van der Waals surface area contributed by atoms with E-state index in [4.69, 9.17) is 14.6 Å². The first-order valence-corrected chi connectivity index (χ1v) is 11.0. The number of alkyl halides is 3. The monoisotopic (exact) mass is 485 g/mol. The van der Waals surface area contributed by atoms with Crippen LogP contribution >= 0.6 is 0 Å². The molecule has 12 heteroatoms. The zero-order valence-electron chi connectivity index (χ0n) is 19.3. The number of aromatic nitrogens is 3. The Morgan fingerprint density at radius 3 is 2.59 bits per heavy atom. The molecule has 2 N–H and O–H groups in total. The predicted molar refractivity (Wildman–Crippen MR) is 116 cm³/mol. The summed E-state index contributed by atoms with van der Waals surface area (Å²) in [6.07, 6.45) is 1.19. The quantitative estimate of drug-likeness (QED) is 0.651. The maximum Gasteiger partial charge on any atom is 0.490 e. The topological polar surface area (TPSA) is 102 Å². The number of likely N-dealkylation sites (tertiary alicyclic amines) is 1. The van der Waals surface area contributed by atoms with E-state index >= 15 is 0 Å². The van der Waals surface area contributed by atoms with E-state index < -0.39 is 12.1 Å². The first kappa shape index (κ1) is 25.8. The van der Waals surface area contributed by atoms with E-state index in [9.17, 15) is 18.0 Å². The number of fused-ring (bicyclic) bond motifs is 1. The number of rotatable bonds is 6. The zero-order chi connectivity index (χ0) is 25.0. The van der Waals surface area contributed by atoms with E-state index in [1.54, 1.807) is 0 Å². The van der Waals surface area contributed by atoms with Gasteiger partial charge >= 0.3 is 12.1 Å². The third kappa shape index (κ3) is 6.38. The van der Waals surface area contributed by atoms with Crippen molar-refractivity contribution in [2.75, 3.05) is 26.2 Å². The maximum atomic E-state index is 12.3. The fourth-order valence-electron chi connectivity index (χ4n) is 4.23. The van der Waals surface area contributed by atoms with Crippen LogP contribution in [-0.2, 0) is 23.1 Å². The molecule has 0 radical (unpaired) electrons. The number of carboxylic acids is 1. The van der Waals surface area contributed by atoms with Crippen LogP contribution in [0.5, 0.6) is 0 Å². The van der Waals surface area contributed by atoms with Gasteiger partial charge in [-0.2, -0.15) is 18.3 Å². The van der Waals surface area contributed by atoms with Crippen molar-refractivity contribution >= 4 is 11.9 Å². The lowest BCUT2D eigenvalue weighted by molar-refractivity contribution is -0.192. The molecule has 1 amide bonds. The van der Waals surface area contributed by atoms with E-state index in [-0.39, 0.29) is 12.0 Å². The van der Waals surface area contributed by atoms with E-state index in [2.05, 4.69) is 35.4 Å². The van der Waals surface area contributed by atoms with Gasteiger partial charge in [-0.1, -0.05) is 0 Å². The van der Waals surface area contributed by atoms with E-state index in [0.29, 0.717) is 30.1 Å². The molecule has 0 bridgehead atoms. The fourth-order valence-corrected chi connectivity index (χ4v) is 4.23. The molecule has 2 aliphatic rings. The average molecular weight is 486 g/mol. The molecule has 2 aromatic heterocycles. The third-order valence-corrected chi connectivity index (χ3v) is 6.05.